The van der Waals surface area contributed by atoms with Crippen LogP contribution in [0.1, 0.15) is 70.5 Å². The van der Waals surface area contributed by atoms with E-state index in [-0.39, 0.29) is 24.7 Å². The molecule has 0 saturated heterocycles. The van der Waals surface area contributed by atoms with Gasteiger partial charge >= 0.3 is 5.97 Å². The van der Waals surface area contributed by atoms with Gasteiger partial charge < -0.3 is 20.1 Å². The van der Waals surface area contributed by atoms with Crippen molar-refractivity contribution in [2.75, 3.05) is 6.61 Å². The maximum Gasteiger partial charge on any atom is 0.309 e. The Morgan fingerprint density at radius 2 is 1.97 bits per heavy atom. The Labute approximate surface area is 206 Å². The van der Waals surface area contributed by atoms with E-state index < -0.39 is 35.6 Å². The highest BCUT2D eigenvalue weighted by molar-refractivity contribution is 7.09. The van der Waals surface area contributed by atoms with Gasteiger partial charge in [-0.1, -0.05) is 33.8 Å². The predicted molar refractivity (Wildman–Crippen MR) is 133 cm³/mol. The average molecular weight is 494 g/mol. The first-order valence-corrected chi connectivity index (χ1v) is 12.8. The molecule has 1 aliphatic rings. The number of ether oxygens (including phenoxy) is 1. The lowest BCUT2D eigenvalue weighted by atomic mass is 9.73. The lowest BCUT2D eigenvalue weighted by molar-refractivity contribution is -0.153. The van der Waals surface area contributed by atoms with Crippen molar-refractivity contribution < 1.29 is 29.6 Å². The number of cyclic esters (lactones) is 1. The summed E-state index contributed by atoms with van der Waals surface area (Å²) in [5.41, 5.74) is 0.382. The molecule has 190 valence electrons. The lowest BCUT2D eigenvalue weighted by Crippen LogP contribution is -2.45. The van der Waals surface area contributed by atoms with Crippen molar-refractivity contribution in [3.05, 3.63) is 33.8 Å². The van der Waals surface area contributed by atoms with E-state index in [1.807, 2.05) is 25.3 Å². The summed E-state index contributed by atoms with van der Waals surface area (Å²) in [4.78, 5) is 30.2. The summed E-state index contributed by atoms with van der Waals surface area (Å²) in [6, 6.07) is 0. The van der Waals surface area contributed by atoms with Gasteiger partial charge in [0.05, 0.1) is 41.4 Å². The molecule has 0 aromatic carbocycles. The van der Waals surface area contributed by atoms with Gasteiger partial charge in [-0.2, -0.15) is 0 Å². The van der Waals surface area contributed by atoms with Crippen molar-refractivity contribution >= 4 is 29.2 Å². The molecule has 5 atom stereocenters. The third-order valence-electron chi connectivity index (χ3n) is 6.74. The number of carbonyl (C=O) groups is 2. The molecular formula is C26H39NO6S. The van der Waals surface area contributed by atoms with Gasteiger partial charge in [-0.25, -0.2) is 4.98 Å². The number of nitrogens with zero attached hydrogens (tertiary/aromatic N) is 1. The smallest absolute Gasteiger partial charge is 0.309 e. The van der Waals surface area contributed by atoms with Gasteiger partial charge in [0.1, 0.15) is 11.9 Å². The molecule has 34 heavy (non-hydrogen) atoms. The summed E-state index contributed by atoms with van der Waals surface area (Å²) in [6.45, 7) is 8.58. The Bertz CT molecular complexity index is 890. The van der Waals surface area contributed by atoms with Gasteiger partial charge in [0.25, 0.3) is 0 Å². The fraction of sp³-hybridized carbons (Fsp3) is 0.654. The van der Waals surface area contributed by atoms with E-state index >= 15 is 0 Å². The molecule has 7 nitrogen and oxygen atoms in total. The van der Waals surface area contributed by atoms with Crippen LogP contribution in [-0.2, 0) is 14.3 Å². The Kier molecular flexibility index (Phi) is 10.6. The number of hydrogen-bond donors (Lipinski definition) is 3. The Hall–Kier alpha value is -1.87. The molecule has 1 aromatic heterocycles. The molecule has 1 aliphatic heterocycles. The first-order chi connectivity index (χ1) is 15.9. The van der Waals surface area contributed by atoms with E-state index in [1.165, 1.54) is 11.3 Å². The first-order valence-electron chi connectivity index (χ1n) is 11.9. The zero-order valence-electron chi connectivity index (χ0n) is 20.9. The van der Waals surface area contributed by atoms with Crippen LogP contribution < -0.4 is 0 Å². The number of aliphatic hydroxyl groups is 3. The number of aliphatic hydroxyl groups excluding tert-OH is 3. The minimum Gasteiger partial charge on any atom is -0.458 e. The second-order valence-corrected chi connectivity index (χ2v) is 11.0. The normalized spacial score (nSPS) is 31.8. The molecule has 0 radical (unpaired) electrons. The number of aryl methyl sites for hydroxylation is 1. The van der Waals surface area contributed by atoms with Crippen LogP contribution in [-0.4, -0.2) is 57.0 Å². The summed E-state index contributed by atoms with van der Waals surface area (Å²) in [5, 5.41) is 34.1. The molecular weight excluding hydrogens is 454 g/mol. The van der Waals surface area contributed by atoms with E-state index in [2.05, 4.69) is 4.98 Å². The summed E-state index contributed by atoms with van der Waals surface area (Å²) < 4.78 is 5.64. The van der Waals surface area contributed by atoms with Gasteiger partial charge in [-0.05, 0) is 49.8 Å². The highest BCUT2D eigenvalue weighted by atomic mass is 32.1. The van der Waals surface area contributed by atoms with Crippen LogP contribution in [0.5, 0.6) is 0 Å². The van der Waals surface area contributed by atoms with E-state index in [0.29, 0.717) is 19.3 Å². The molecule has 0 amide bonds. The van der Waals surface area contributed by atoms with Gasteiger partial charge in [-0.15, -0.1) is 11.3 Å². The van der Waals surface area contributed by atoms with Gasteiger partial charge in [0.15, 0.2) is 0 Å². The summed E-state index contributed by atoms with van der Waals surface area (Å²) in [6.07, 6.45) is 4.84. The number of thiazole rings is 1. The standard InChI is InChI=1S/C26H39NO6S/c1-16-7-6-8-19(14-28)9-11-21(12-10-20-15-34-18(3)27-20)33-23(30)13-22(29)26(4,5)25(32)17(2)24(16)31/h9-10,12,15-17,21-22,24,28-29,31H,6-8,11,13-14H2,1-5H3/b12-10+,19-9+/t16-,17+,21-,22-,24-/m0/s1. The number of Topliss-reactive ketones (excluding diaryl/α,β-unsaturated/α-hetero) is 1. The third-order valence-corrected chi connectivity index (χ3v) is 7.53. The van der Waals surface area contributed by atoms with Gasteiger partial charge in [-0.3, -0.25) is 9.59 Å². The fourth-order valence-corrected chi connectivity index (χ4v) is 4.79. The molecule has 0 bridgehead atoms. The van der Waals surface area contributed by atoms with Crippen molar-refractivity contribution in [3.8, 4) is 0 Å². The van der Waals surface area contributed by atoms with E-state index in [4.69, 9.17) is 4.74 Å². The maximum absolute atomic E-state index is 13.1. The monoisotopic (exact) mass is 493 g/mol. The number of esters is 1. The van der Waals surface area contributed by atoms with Gasteiger partial charge in [0, 0.05) is 17.7 Å². The highest BCUT2D eigenvalue weighted by Gasteiger charge is 2.42. The molecule has 0 fully saturated rings. The lowest BCUT2D eigenvalue weighted by Gasteiger charge is -2.34. The molecule has 8 heteroatoms. The zero-order chi connectivity index (χ0) is 25.5. The topological polar surface area (TPSA) is 117 Å². The number of hydrogen-bond acceptors (Lipinski definition) is 8. The summed E-state index contributed by atoms with van der Waals surface area (Å²) in [7, 11) is 0. The summed E-state index contributed by atoms with van der Waals surface area (Å²) >= 11 is 1.52. The zero-order valence-corrected chi connectivity index (χ0v) is 21.7. The van der Waals surface area contributed by atoms with E-state index in [1.54, 1.807) is 32.9 Å². The van der Waals surface area contributed by atoms with Crippen molar-refractivity contribution in [3.63, 3.8) is 0 Å². The molecule has 2 heterocycles. The summed E-state index contributed by atoms with van der Waals surface area (Å²) in [5.74, 6) is -1.72. The molecule has 1 aromatic rings. The molecule has 0 unspecified atom stereocenters. The molecule has 0 saturated carbocycles. The molecule has 0 aliphatic carbocycles. The largest absolute Gasteiger partial charge is 0.458 e. The van der Waals surface area contributed by atoms with Crippen LogP contribution in [0.2, 0.25) is 0 Å². The van der Waals surface area contributed by atoms with Gasteiger partial charge in [0.2, 0.25) is 0 Å². The van der Waals surface area contributed by atoms with Crippen molar-refractivity contribution in [2.24, 2.45) is 17.3 Å². The molecule has 0 spiro atoms. The van der Waals surface area contributed by atoms with Crippen LogP contribution in [0.15, 0.2) is 23.1 Å². The first kappa shape index (κ1) is 28.4. The Morgan fingerprint density at radius 1 is 1.26 bits per heavy atom. The fourth-order valence-electron chi connectivity index (χ4n) is 4.21. The van der Waals surface area contributed by atoms with Crippen LogP contribution in [0.3, 0.4) is 0 Å². The van der Waals surface area contributed by atoms with Crippen molar-refractivity contribution in [1.29, 1.82) is 0 Å². The van der Waals surface area contributed by atoms with Crippen molar-refractivity contribution in [1.82, 2.24) is 4.98 Å². The average Bonchev–Trinajstić information content (AvgIpc) is 3.21. The third kappa shape index (κ3) is 7.83. The van der Waals surface area contributed by atoms with Crippen LogP contribution in [0.25, 0.3) is 6.08 Å². The van der Waals surface area contributed by atoms with Crippen LogP contribution in [0.4, 0.5) is 0 Å². The highest BCUT2D eigenvalue weighted by Crippen LogP contribution is 2.32. The predicted octanol–water partition coefficient (Wildman–Crippen LogP) is 3.85. The van der Waals surface area contributed by atoms with Crippen molar-refractivity contribution in [2.45, 2.75) is 85.0 Å². The minimum atomic E-state index is -1.25. The Morgan fingerprint density at radius 3 is 2.59 bits per heavy atom. The second kappa shape index (κ2) is 12.7. The van der Waals surface area contributed by atoms with Crippen LogP contribution in [0, 0.1) is 24.2 Å². The molecule has 3 N–H and O–H groups in total. The number of aromatic nitrogens is 1. The number of rotatable bonds is 3. The molecule has 2 rings (SSSR count). The number of ketones is 1. The van der Waals surface area contributed by atoms with E-state index in [9.17, 15) is 24.9 Å². The second-order valence-electron chi connectivity index (χ2n) is 9.89. The maximum atomic E-state index is 13.1. The Balaban J connectivity index is 2.30. The quantitative estimate of drug-likeness (QED) is 0.432. The number of carbonyl (C=O) groups excluding carboxylic acids is 2. The minimum absolute atomic E-state index is 0.103. The van der Waals surface area contributed by atoms with E-state index in [0.717, 1.165) is 22.7 Å². The SMILES string of the molecule is Cc1nc(/C=C/[C@@H]2C/C=C(/CO)CCC[C@H](C)[C@H](O)[C@@H](C)C(=O)C(C)(C)[C@@H](O)CC(=O)O2)cs1. The van der Waals surface area contributed by atoms with Crippen LogP contribution >= 0.6 is 11.3 Å².